The molecule has 1 rings (SSSR count). The minimum absolute atomic E-state index is 0.0409. The first-order valence-electron chi connectivity index (χ1n) is 5.25. The second-order valence-electron chi connectivity index (χ2n) is 4.28. The Labute approximate surface area is 86.0 Å². The smallest absolute Gasteiger partial charge is 0.227 e. The summed E-state index contributed by atoms with van der Waals surface area (Å²) in [6.45, 7) is 7.19. The Balaban J connectivity index is 2.55. The summed E-state index contributed by atoms with van der Waals surface area (Å²) in [6.07, 6.45) is 0. The number of likely N-dealkylation sites (N-methyl/N-ethyl adjacent to an activating group) is 1. The third-order valence-corrected chi connectivity index (χ3v) is 2.89. The molecule has 0 aromatic heterocycles. The summed E-state index contributed by atoms with van der Waals surface area (Å²) in [5.41, 5.74) is 5.49. The quantitative estimate of drug-likeness (QED) is 0.667. The molecule has 0 saturated carbocycles. The maximum absolute atomic E-state index is 11.9. The van der Waals surface area contributed by atoms with Crippen molar-refractivity contribution in [3.05, 3.63) is 0 Å². The lowest BCUT2D eigenvalue weighted by molar-refractivity contribution is -0.138. The molecule has 14 heavy (non-hydrogen) atoms. The Bertz CT molecular complexity index is 208. The summed E-state index contributed by atoms with van der Waals surface area (Å²) in [4.78, 5) is 16.1. The fourth-order valence-corrected chi connectivity index (χ4v) is 1.85. The van der Waals surface area contributed by atoms with Gasteiger partial charge in [0.1, 0.15) is 0 Å². The van der Waals surface area contributed by atoms with Crippen molar-refractivity contribution in [3.8, 4) is 0 Å². The van der Waals surface area contributed by atoms with Gasteiger partial charge >= 0.3 is 0 Å². The van der Waals surface area contributed by atoms with Crippen molar-refractivity contribution in [1.82, 2.24) is 9.80 Å². The van der Waals surface area contributed by atoms with Gasteiger partial charge in [0.15, 0.2) is 0 Å². The van der Waals surface area contributed by atoms with E-state index in [-0.39, 0.29) is 11.8 Å². The van der Waals surface area contributed by atoms with Crippen LogP contribution in [0.25, 0.3) is 0 Å². The average molecular weight is 199 g/mol. The number of carbonyl (C=O) groups is 1. The molecule has 0 spiro atoms. The molecule has 1 aliphatic rings. The van der Waals surface area contributed by atoms with Crippen molar-refractivity contribution in [2.24, 2.45) is 11.7 Å². The van der Waals surface area contributed by atoms with Gasteiger partial charge in [-0.05, 0) is 14.0 Å². The number of hydrogen-bond donors (Lipinski definition) is 1. The lowest BCUT2D eigenvalue weighted by Crippen LogP contribution is -2.54. The first-order chi connectivity index (χ1) is 6.56. The van der Waals surface area contributed by atoms with Crippen LogP contribution in [0.3, 0.4) is 0 Å². The van der Waals surface area contributed by atoms with Crippen molar-refractivity contribution in [2.45, 2.75) is 19.9 Å². The summed E-state index contributed by atoms with van der Waals surface area (Å²) < 4.78 is 0. The average Bonchev–Trinajstić information content (AvgIpc) is 2.15. The van der Waals surface area contributed by atoms with Gasteiger partial charge in [-0.15, -0.1) is 0 Å². The molecular weight excluding hydrogens is 178 g/mol. The second kappa shape index (κ2) is 4.75. The highest BCUT2D eigenvalue weighted by Crippen LogP contribution is 2.11. The van der Waals surface area contributed by atoms with Crippen LogP contribution in [-0.2, 0) is 4.79 Å². The Morgan fingerprint density at radius 3 is 2.71 bits per heavy atom. The molecule has 0 aromatic rings. The Morgan fingerprint density at radius 1 is 1.57 bits per heavy atom. The van der Waals surface area contributed by atoms with Crippen LogP contribution in [0, 0.1) is 5.92 Å². The molecular formula is C10H21N3O. The minimum atomic E-state index is -0.0409. The van der Waals surface area contributed by atoms with Crippen LogP contribution < -0.4 is 5.73 Å². The first kappa shape index (κ1) is 11.5. The minimum Gasteiger partial charge on any atom is -0.337 e. The fourth-order valence-electron chi connectivity index (χ4n) is 1.85. The van der Waals surface area contributed by atoms with Crippen LogP contribution in [0.15, 0.2) is 0 Å². The third kappa shape index (κ3) is 2.45. The zero-order chi connectivity index (χ0) is 10.7. The van der Waals surface area contributed by atoms with Gasteiger partial charge in [0, 0.05) is 38.1 Å². The highest BCUT2D eigenvalue weighted by Gasteiger charge is 2.27. The van der Waals surface area contributed by atoms with Gasteiger partial charge in [-0.1, -0.05) is 6.92 Å². The molecule has 1 fully saturated rings. The van der Waals surface area contributed by atoms with E-state index < -0.39 is 0 Å². The molecule has 2 unspecified atom stereocenters. The number of nitrogens with zero attached hydrogens (tertiary/aromatic N) is 2. The molecule has 1 heterocycles. The third-order valence-electron chi connectivity index (χ3n) is 2.89. The molecule has 2 N–H and O–H groups in total. The molecule has 1 aliphatic heterocycles. The zero-order valence-electron chi connectivity index (χ0n) is 9.36. The molecule has 0 bridgehead atoms. The number of hydrogen-bond acceptors (Lipinski definition) is 3. The fraction of sp³-hybridized carbons (Fsp3) is 0.900. The highest BCUT2D eigenvalue weighted by molar-refractivity contribution is 5.79. The molecule has 0 radical (unpaired) electrons. The van der Waals surface area contributed by atoms with E-state index in [1.54, 1.807) is 0 Å². The normalized spacial score (nSPS) is 26.3. The number of amides is 1. The SMILES string of the molecule is CC(CN)C(=O)N1CCN(C)CC1C. The van der Waals surface area contributed by atoms with Crippen LogP contribution in [0.4, 0.5) is 0 Å². The van der Waals surface area contributed by atoms with Gasteiger partial charge in [-0.25, -0.2) is 0 Å². The summed E-state index contributed by atoms with van der Waals surface area (Å²) in [7, 11) is 2.09. The number of nitrogens with two attached hydrogens (primary N) is 1. The van der Waals surface area contributed by atoms with Crippen LogP contribution in [0.2, 0.25) is 0 Å². The van der Waals surface area contributed by atoms with E-state index in [1.807, 2.05) is 11.8 Å². The molecule has 1 amide bonds. The van der Waals surface area contributed by atoms with Gasteiger partial charge < -0.3 is 15.5 Å². The van der Waals surface area contributed by atoms with Crippen LogP contribution in [-0.4, -0.2) is 55.0 Å². The molecule has 2 atom stereocenters. The Hall–Kier alpha value is -0.610. The molecule has 1 saturated heterocycles. The topological polar surface area (TPSA) is 49.6 Å². The van der Waals surface area contributed by atoms with Crippen molar-refractivity contribution in [3.63, 3.8) is 0 Å². The maximum atomic E-state index is 11.9. The zero-order valence-corrected chi connectivity index (χ0v) is 9.36. The summed E-state index contributed by atoms with van der Waals surface area (Å²) in [5, 5.41) is 0. The van der Waals surface area contributed by atoms with E-state index in [4.69, 9.17) is 5.73 Å². The van der Waals surface area contributed by atoms with Gasteiger partial charge in [0.05, 0.1) is 0 Å². The molecule has 4 heteroatoms. The number of rotatable bonds is 2. The highest BCUT2D eigenvalue weighted by atomic mass is 16.2. The predicted molar refractivity (Wildman–Crippen MR) is 56.9 cm³/mol. The monoisotopic (exact) mass is 199 g/mol. The lowest BCUT2D eigenvalue weighted by Gasteiger charge is -2.39. The molecule has 0 aliphatic carbocycles. The number of piperazine rings is 1. The van der Waals surface area contributed by atoms with Gasteiger partial charge in [0.2, 0.25) is 5.91 Å². The number of carbonyl (C=O) groups excluding carboxylic acids is 1. The predicted octanol–water partition coefficient (Wildman–Crippen LogP) is -0.256. The second-order valence-corrected chi connectivity index (χ2v) is 4.28. The molecule has 82 valence electrons. The van der Waals surface area contributed by atoms with E-state index in [2.05, 4.69) is 18.9 Å². The van der Waals surface area contributed by atoms with Crippen molar-refractivity contribution in [2.75, 3.05) is 33.2 Å². The maximum Gasteiger partial charge on any atom is 0.227 e. The van der Waals surface area contributed by atoms with Crippen LogP contribution >= 0.6 is 0 Å². The van der Waals surface area contributed by atoms with E-state index in [0.29, 0.717) is 12.6 Å². The van der Waals surface area contributed by atoms with Crippen molar-refractivity contribution >= 4 is 5.91 Å². The summed E-state index contributed by atoms with van der Waals surface area (Å²) in [5.74, 6) is 0.161. The van der Waals surface area contributed by atoms with Crippen LogP contribution in [0.1, 0.15) is 13.8 Å². The van der Waals surface area contributed by atoms with Gasteiger partial charge in [-0.3, -0.25) is 4.79 Å². The van der Waals surface area contributed by atoms with E-state index in [1.165, 1.54) is 0 Å². The Kier molecular flexibility index (Phi) is 3.89. The van der Waals surface area contributed by atoms with E-state index >= 15 is 0 Å². The van der Waals surface area contributed by atoms with Crippen molar-refractivity contribution < 1.29 is 4.79 Å². The molecule has 4 nitrogen and oxygen atoms in total. The first-order valence-corrected chi connectivity index (χ1v) is 5.25. The van der Waals surface area contributed by atoms with E-state index in [9.17, 15) is 4.79 Å². The van der Waals surface area contributed by atoms with Gasteiger partial charge in [0.25, 0.3) is 0 Å². The van der Waals surface area contributed by atoms with Crippen molar-refractivity contribution in [1.29, 1.82) is 0 Å². The lowest BCUT2D eigenvalue weighted by atomic mass is 10.1. The Morgan fingerprint density at radius 2 is 2.21 bits per heavy atom. The largest absolute Gasteiger partial charge is 0.337 e. The standard InChI is InChI=1S/C10H21N3O/c1-8(6-11)10(14)13-5-4-12(3)7-9(13)2/h8-9H,4-7,11H2,1-3H3. The summed E-state index contributed by atoms with van der Waals surface area (Å²) >= 11 is 0. The molecule has 0 aromatic carbocycles. The van der Waals surface area contributed by atoms with Crippen LogP contribution in [0.5, 0.6) is 0 Å². The van der Waals surface area contributed by atoms with Gasteiger partial charge in [-0.2, -0.15) is 0 Å². The van der Waals surface area contributed by atoms with E-state index in [0.717, 1.165) is 19.6 Å². The summed E-state index contributed by atoms with van der Waals surface area (Å²) in [6, 6.07) is 0.315.